The topological polar surface area (TPSA) is 71.6 Å². The van der Waals surface area contributed by atoms with Crippen molar-refractivity contribution in [1.29, 1.82) is 5.26 Å². The van der Waals surface area contributed by atoms with Gasteiger partial charge in [-0.05, 0) is 0 Å². The smallest absolute Gasteiger partial charge is 0.296 e. The molecule has 1 heterocycles. The van der Waals surface area contributed by atoms with Crippen molar-refractivity contribution in [3.8, 4) is 6.07 Å². The summed E-state index contributed by atoms with van der Waals surface area (Å²) < 4.78 is 37.2. The van der Waals surface area contributed by atoms with Gasteiger partial charge in [-0.1, -0.05) is 5.21 Å². The van der Waals surface area contributed by atoms with Crippen molar-refractivity contribution in [2.75, 3.05) is 0 Å². The predicted octanol–water partition coefficient (Wildman–Crippen LogP) is 0.633. The fourth-order valence-electron chi connectivity index (χ4n) is 0.875. The quantitative estimate of drug-likeness (QED) is 0.662. The molecule has 0 aliphatic rings. The average molecular weight is 204 g/mol. The number of halogens is 3. The molecule has 74 valence electrons. The number of alkyl halides is 3. The van der Waals surface area contributed by atoms with Gasteiger partial charge in [0.05, 0.1) is 6.07 Å². The maximum atomic E-state index is 12.3. The Morgan fingerprint density at radius 3 is 2.64 bits per heavy atom. The monoisotopic (exact) mass is 204 g/mol. The van der Waals surface area contributed by atoms with Crippen LogP contribution in [0, 0.1) is 11.3 Å². The molecule has 0 fully saturated rings. The molecule has 5 nitrogen and oxygen atoms in total. The lowest BCUT2D eigenvalue weighted by atomic mass is 10.3. The van der Waals surface area contributed by atoms with Gasteiger partial charge in [0.2, 0.25) is 0 Å². The van der Waals surface area contributed by atoms with Gasteiger partial charge in [0.15, 0.2) is 17.7 Å². The number of rotatable bonds is 2. The van der Waals surface area contributed by atoms with E-state index in [9.17, 15) is 18.0 Å². The van der Waals surface area contributed by atoms with Gasteiger partial charge in [-0.3, -0.25) is 4.79 Å². The molecule has 0 unspecified atom stereocenters. The van der Waals surface area contributed by atoms with E-state index in [1.165, 1.54) is 6.07 Å². The van der Waals surface area contributed by atoms with E-state index >= 15 is 0 Å². The fourth-order valence-corrected chi connectivity index (χ4v) is 0.875. The maximum Gasteiger partial charge on any atom is 0.435 e. The third kappa shape index (κ3) is 1.71. The lowest BCUT2D eigenvalue weighted by Gasteiger charge is -2.06. The minimum atomic E-state index is -4.74. The van der Waals surface area contributed by atoms with Gasteiger partial charge in [0, 0.05) is 0 Å². The van der Waals surface area contributed by atoms with Crippen LogP contribution in [0.3, 0.4) is 0 Å². The van der Waals surface area contributed by atoms with E-state index in [4.69, 9.17) is 5.26 Å². The third-order valence-corrected chi connectivity index (χ3v) is 1.36. The molecule has 0 bridgehead atoms. The summed E-state index contributed by atoms with van der Waals surface area (Å²) in [5, 5.41) is 14.2. The molecule has 0 radical (unpaired) electrons. The Morgan fingerprint density at radius 1 is 1.57 bits per heavy atom. The zero-order valence-electron chi connectivity index (χ0n) is 6.62. The van der Waals surface area contributed by atoms with Crippen molar-refractivity contribution >= 4 is 6.29 Å². The highest BCUT2D eigenvalue weighted by Crippen LogP contribution is 2.30. The summed E-state index contributed by atoms with van der Waals surface area (Å²) in [4.78, 5) is 10.2. The molecule has 1 aromatic rings. The van der Waals surface area contributed by atoms with Crippen LogP contribution in [0.1, 0.15) is 16.2 Å². The van der Waals surface area contributed by atoms with Gasteiger partial charge in [-0.25, -0.2) is 4.68 Å². The Morgan fingerprint density at radius 2 is 2.21 bits per heavy atom. The Kier molecular flexibility index (Phi) is 2.51. The SMILES string of the molecule is N#CCn1nnc(C=O)c1C(F)(F)F. The molecule has 0 atom stereocenters. The van der Waals surface area contributed by atoms with Crippen LogP contribution in [0.2, 0.25) is 0 Å². The van der Waals surface area contributed by atoms with E-state index < -0.39 is 24.1 Å². The summed E-state index contributed by atoms with van der Waals surface area (Å²) in [6.07, 6.45) is -4.79. The molecular formula is C6H3F3N4O. The zero-order valence-corrected chi connectivity index (χ0v) is 6.62. The van der Waals surface area contributed by atoms with Crippen LogP contribution in [-0.4, -0.2) is 21.3 Å². The molecule has 1 rings (SSSR count). The normalized spacial score (nSPS) is 11.0. The molecule has 8 heteroatoms. The van der Waals surface area contributed by atoms with Gasteiger partial charge in [-0.2, -0.15) is 18.4 Å². The Hall–Kier alpha value is -1.91. The predicted molar refractivity (Wildman–Crippen MR) is 36.0 cm³/mol. The number of nitrogens with zero attached hydrogens (tertiary/aromatic N) is 4. The van der Waals surface area contributed by atoms with Crippen molar-refractivity contribution in [3.63, 3.8) is 0 Å². The first-order chi connectivity index (χ1) is 6.50. The molecule has 0 saturated carbocycles. The van der Waals surface area contributed by atoms with E-state index in [1.807, 2.05) is 0 Å². The second kappa shape index (κ2) is 3.45. The summed E-state index contributed by atoms with van der Waals surface area (Å²) in [5.41, 5.74) is -2.11. The molecule has 0 aliphatic carbocycles. The molecule has 14 heavy (non-hydrogen) atoms. The highest BCUT2D eigenvalue weighted by molar-refractivity contribution is 5.73. The number of carbonyl (C=O) groups excluding carboxylic acids is 1. The van der Waals surface area contributed by atoms with E-state index in [2.05, 4.69) is 10.3 Å². The minimum absolute atomic E-state index is 0.0519. The minimum Gasteiger partial charge on any atom is -0.296 e. The molecule has 0 aliphatic heterocycles. The van der Waals surface area contributed by atoms with Crippen molar-refractivity contribution in [3.05, 3.63) is 11.4 Å². The Balaban J connectivity index is 3.28. The number of carbonyl (C=O) groups is 1. The maximum absolute atomic E-state index is 12.3. The zero-order chi connectivity index (χ0) is 10.8. The molecule has 1 aromatic heterocycles. The van der Waals surface area contributed by atoms with Crippen molar-refractivity contribution < 1.29 is 18.0 Å². The summed E-state index contributed by atoms with van der Waals surface area (Å²) in [5.74, 6) is 0. The van der Waals surface area contributed by atoms with Crippen molar-refractivity contribution in [2.24, 2.45) is 0 Å². The van der Waals surface area contributed by atoms with Crippen LogP contribution in [-0.2, 0) is 12.7 Å². The summed E-state index contributed by atoms with van der Waals surface area (Å²) in [6, 6.07) is 1.48. The van der Waals surface area contributed by atoms with Crippen LogP contribution < -0.4 is 0 Å². The Labute approximate surface area is 75.7 Å². The largest absolute Gasteiger partial charge is 0.435 e. The third-order valence-electron chi connectivity index (χ3n) is 1.36. The van der Waals surface area contributed by atoms with E-state index in [0.29, 0.717) is 4.68 Å². The van der Waals surface area contributed by atoms with E-state index in [1.54, 1.807) is 0 Å². The highest BCUT2D eigenvalue weighted by atomic mass is 19.4. The first-order valence-electron chi connectivity index (χ1n) is 3.33. The van der Waals surface area contributed by atoms with Crippen LogP contribution in [0.5, 0.6) is 0 Å². The molecule has 0 aromatic carbocycles. The average Bonchev–Trinajstić information content (AvgIpc) is 2.47. The number of aldehydes is 1. The highest BCUT2D eigenvalue weighted by Gasteiger charge is 2.39. The van der Waals surface area contributed by atoms with Gasteiger partial charge in [-0.15, -0.1) is 5.10 Å². The number of nitriles is 1. The molecular weight excluding hydrogens is 201 g/mol. The van der Waals surface area contributed by atoms with Crippen LogP contribution in [0.4, 0.5) is 13.2 Å². The fraction of sp³-hybridized carbons (Fsp3) is 0.333. The number of hydrogen-bond donors (Lipinski definition) is 0. The second-order valence-corrected chi connectivity index (χ2v) is 2.25. The van der Waals surface area contributed by atoms with Crippen molar-refractivity contribution in [2.45, 2.75) is 12.7 Å². The van der Waals surface area contributed by atoms with E-state index in [-0.39, 0.29) is 6.29 Å². The second-order valence-electron chi connectivity index (χ2n) is 2.25. The van der Waals surface area contributed by atoms with Gasteiger partial charge in [0.25, 0.3) is 0 Å². The molecule has 0 N–H and O–H groups in total. The molecule has 0 amide bonds. The summed E-state index contributed by atoms with van der Waals surface area (Å²) in [6.45, 7) is -0.602. The lowest BCUT2D eigenvalue weighted by Crippen LogP contribution is -2.16. The van der Waals surface area contributed by atoms with Crippen molar-refractivity contribution in [1.82, 2.24) is 15.0 Å². The molecule has 0 spiro atoms. The summed E-state index contributed by atoms with van der Waals surface area (Å²) in [7, 11) is 0. The van der Waals surface area contributed by atoms with Crippen LogP contribution >= 0.6 is 0 Å². The van der Waals surface area contributed by atoms with Crippen LogP contribution in [0.15, 0.2) is 0 Å². The Bertz CT molecular complexity index is 389. The number of aromatic nitrogens is 3. The van der Waals surface area contributed by atoms with Crippen LogP contribution in [0.25, 0.3) is 0 Å². The summed E-state index contributed by atoms with van der Waals surface area (Å²) >= 11 is 0. The lowest BCUT2D eigenvalue weighted by molar-refractivity contribution is -0.144. The van der Waals surface area contributed by atoms with Gasteiger partial charge < -0.3 is 0 Å². The standard InChI is InChI=1S/C6H3F3N4O/c7-6(8,9)5-4(3-14)11-12-13(5)2-1-10/h3H,2H2. The first kappa shape index (κ1) is 10.2. The van der Waals surface area contributed by atoms with Gasteiger partial charge in [0.1, 0.15) is 6.54 Å². The van der Waals surface area contributed by atoms with Gasteiger partial charge >= 0.3 is 6.18 Å². The first-order valence-corrected chi connectivity index (χ1v) is 3.33. The number of hydrogen-bond acceptors (Lipinski definition) is 4. The van der Waals surface area contributed by atoms with E-state index in [0.717, 1.165) is 0 Å². The molecule has 0 saturated heterocycles.